The van der Waals surface area contributed by atoms with Crippen molar-refractivity contribution in [1.29, 1.82) is 0 Å². The third-order valence-corrected chi connectivity index (χ3v) is 4.34. The Morgan fingerprint density at radius 2 is 1.67 bits per heavy atom. The molecule has 1 nitrogen and oxygen atoms in total. The van der Waals surface area contributed by atoms with Crippen LogP contribution in [-0.4, -0.2) is 11.8 Å². The van der Waals surface area contributed by atoms with Crippen LogP contribution in [0.4, 0.5) is 0 Å². The van der Waals surface area contributed by atoms with Crippen LogP contribution in [0.15, 0.2) is 47.1 Å². The molecule has 0 aliphatic heterocycles. The Morgan fingerprint density at radius 3 is 2.17 bits per heavy atom. The number of furan rings is 1. The molecule has 0 aliphatic carbocycles. The Labute approximate surface area is 122 Å². The van der Waals surface area contributed by atoms with Gasteiger partial charge in [0.1, 0.15) is 5.76 Å². The summed E-state index contributed by atoms with van der Waals surface area (Å²) in [7, 11) is 0. The zero-order chi connectivity index (χ0) is 13.0. The number of hydrogen-bond donors (Lipinski definition) is 0. The minimum atomic E-state index is -0.328. The topological polar surface area (TPSA) is 13.1 Å². The van der Waals surface area contributed by atoms with E-state index in [0.717, 1.165) is 11.3 Å². The van der Waals surface area contributed by atoms with Crippen molar-refractivity contribution < 1.29 is 4.42 Å². The molecule has 1 heterocycles. The monoisotopic (exact) mass is 302 g/mol. The SMILES string of the molecule is ClCC(CCl)(Cc1ccco1)c1ccc(Cl)cc1. The molecular formula is C14H13Cl3O. The minimum absolute atomic E-state index is 0.328. The highest BCUT2D eigenvalue weighted by molar-refractivity contribution is 6.30. The van der Waals surface area contributed by atoms with Gasteiger partial charge in [-0.2, -0.15) is 0 Å². The highest BCUT2D eigenvalue weighted by atomic mass is 35.5. The zero-order valence-electron chi connectivity index (χ0n) is 9.70. The molecule has 96 valence electrons. The van der Waals surface area contributed by atoms with Crippen molar-refractivity contribution in [3.63, 3.8) is 0 Å². The molecule has 4 heteroatoms. The van der Waals surface area contributed by atoms with Crippen molar-refractivity contribution in [2.45, 2.75) is 11.8 Å². The average Bonchev–Trinajstić information content (AvgIpc) is 2.90. The number of hydrogen-bond acceptors (Lipinski definition) is 1. The van der Waals surface area contributed by atoms with Gasteiger partial charge in [-0.05, 0) is 29.8 Å². The van der Waals surface area contributed by atoms with Gasteiger partial charge in [0.15, 0.2) is 0 Å². The molecule has 1 aromatic heterocycles. The van der Waals surface area contributed by atoms with Crippen molar-refractivity contribution in [3.8, 4) is 0 Å². The summed E-state index contributed by atoms with van der Waals surface area (Å²) in [6.45, 7) is 0. The summed E-state index contributed by atoms with van der Waals surface area (Å²) in [6.07, 6.45) is 2.33. The molecule has 0 spiro atoms. The van der Waals surface area contributed by atoms with Crippen LogP contribution in [-0.2, 0) is 11.8 Å². The first-order chi connectivity index (χ1) is 8.70. The average molecular weight is 304 g/mol. The molecule has 2 aromatic rings. The standard InChI is InChI=1S/C14H13Cl3O/c15-9-14(10-16,8-13-2-1-7-18-13)11-3-5-12(17)6-4-11/h1-7H,8-10H2. The summed E-state index contributed by atoms with van der Waals surface area (Å²) in [5.74, 6) is 1.74. The van der Waals surface area contributed by atoms with Crippen LogP contribution in [0.25, 0.3) is 0 Å². The zero-order valence-corrected chi connectivity index (χ0v) is 12.0. The number of alkyl halides is 2. The van der Waals surface area contributed by atoms with Crippen molar-refractivity contribution in [2.24, 2.45) is 0 Å². The molecule has 0 N–H and O–H groups in total. The Bertz CT molecular complexity index is 472. The van der Waals surface area contributed by atoms with E-state index in [-0.39, 0.29) is 5.41 Å². The van der Waals surface area contributed by atoms with Crippen molar-refractivity contribution in [1.82, 2.24) is 0 Å². The summed E-state index contributed by atoms with van der Waals surface area (Å²) >= 11 is 18.2. The van der Waals surface area contributed by atoms with Crippen molar-refractivity contribution in [3.05, 3.63) is 59.0 Å². The van der Waals surface area contributed by atoms with E-state index in [4.69, 9.17) is 39.2 Å². The first kappa shape index (κ1) is 13.8. The van der Waals surface area contributed by atoms with Crippen LogP contribution in [0.1, 0.15) is 11.3 Å². The Hall–Kier alpha value is -0.630. The number of rotatable bonds is 5. The van der Waals surface area contributed by atoms with E-state index in [1.165, 1.54) is 0 Å². The molecule has 1 aromatic carbocycles. The second kappa shape index (κ2) is 6.01. The highest BCUT2D eigenvalue weighted by Gasteiger charge is 2.32. The molecule has 0 atom stereocenters. The maximum atomic E-state index is 6.16. The van der Waals surface area contributed by atoms with Gasteiger partial charge in [0.2, 0.25) is 0 Å². The summed E-state index contributed by atoms with van der Waals surface area (Å²) in [4.78, 5) is 0. The van der Waals surface area contributed by atoms with Gasteiger partial charge in [-0.1, -0.05) is 23.7 Å². The second-order valence-corrected chi connectivity index (χ2v) is 5.28. The molecule has 0 saturated carbocycles. The fourth-order valence-electron chi connectivity index (χ4n) is 1.94. The van der Waals surface area contributed by atoms with E-state index in [2.05, 4.69) is 0 Å². The van der Waals surface area contributed by atoms with Gasteiger partial charge in [-0.3, -0.25) is 0 Å². The molecule has 18 heavy (non-hydrogen) atoms. The third kappa shape index (κ3) is 2.85. The predicted octanol–water partition coefficient (Wildman–Crippen LogP) is 4.89. The third-order valence-electron chi connectivity index (χ3n) is 3.06. The van der Waals surface area contributed by atoms with Gasteiger partial charge in [0.05, 0.1) is 6.26 Å². The van der Waals surface area contributed by atoms with E-state index in [9.17, 15) is 0 Å². The highest BCUT2D eigenvalue weighted by Crippen LogP contribution is 2.32. The lowest BCUT2D eigenvalue weighted by atomic mass is 9.80. The lowest BCUT2D eigenvalue weighted by Gasteiger charge is -2.29. The summed E-state index contributed by atoms with van der Waals surface area (Å²) in [5.41, 5.74) is 0.749. The van der Waals surface area contributed by atoms with Gasteiger partial charge >= 0.3 is 0 Å². The smallest absolute Gasteiger partial charge is 0.104 e. The first-order valence-corrected chi connectivity index (χ1v) is 7.05. The van der Waals surface area contributed by atoms with Crippen molar-refractivity contribution in [2.75, 3.05) is 11.8 Å². The molecule has 0 unspecified atom stereocenters. The molecule has 0 saturated heterocycles. The Balaban J connectivity index is 2.33. The van der Waals surface area contributed by atoms with Crippen LogP contribution in [0.5, 0.6) is 0 Å². The van der Waals surface area contributed by atoms with Crippen LogP contribution in [0.2, 0.25) is 5.02 Å². The molecule has 0 amide bonds. The van der Waals surface area contributed by atoms with Crippen LogP contribution >= 0.6 is 34.8 Å². The van der Waals surface area contributed by atoms with Gasteiger partial charge in [-0.25, -0.2) is 0 Å². The van der Waals surface area contributed by atoms with Crippen LogP contribution in [0.3, 0.4) is 0 Å². The first-order valence-electron chi connectivity index (χ1n) is 5.60. The normalized spacial score (nSPS) is 11.7. The summed E-state index contributed by atoms with van der Waals surface area (Å²) in [6, 6.07) is 11.4. The summed E-state index contributed by atoms with van der Waals surface area (Å²) in [5, 5.41) is 0.704. The van der Waals surface area contributed by atoms with Gasteiger partial charge in [0.25, 0.3) is 0 Å². The second-order valence-electron chi connectivity index (χ2n) is 4.31. The molecule has 2 rings (SSSR count). The van der Waals surface area contributed by atoms with Crippen LogP contribution < -0.4 is 0 Å². The van der Waals surface area contributed by atoms with Gasteiger partial charge < -0.3 is 4.42 Å². The van der Waals surface area contributed by atoms with Gasteiger partial charge in [-0.15, -0.1) is 23.2 Å². The van der Waals surface area contributed by atoms with E-state index in [0.29, 0.717) is 23.2 Å². The van der Waals surface area contributed by atoms with E-state index < -0.39 is 0 Å². The molecule has 0 fully saturated rings. The number of halogens is 3. The molecule has 0 aliphatic rings. The Kier molecular flexibility index (Phi) is 4.60. The molecule has 0 radical (unpaired) electrons. The van der Waals surface area contributed by atoms with E-state index in [1.807, 2.05) is 36.4 Å². The maximum Gasteiger partial charge on any atom is 0.104 e. The fraction of sp³-hybridized carbons (Fsp3) is 0.286. The number of benzene rings is 1. The largest absolute Gasteiger partial charge is 0.469 e. The van der Waals surface area contributed by atoms with E-state index >= 15 is 0 Å². The molecular weight excluding hydrogens is 291 g/mol. The predicted molar refractivity (Wildman–Crippen MR) is 77.0 cm³/mol. The lowest BCUT2D eigenvalue weighted by molar-refractivity contribution is 0.437. The summed E-state index contributed by atoms with van der Waals surface area (Å²) < 4.78 is 5.39. The quantitative estimate of drug-likeness (QED) is 0.717. The Morgan fingerprint density at radius 1 is 1.00 bits per heavy atom. The van der Waals surface area contributed by atoms with E-state index in [1.54, 1.807) is 6.26 Å². The molecule has 0 bridgehead atoms. The van der Waals surface area contributed by atoms with Crippen molar-refractivity contribution >= 4 is 34.8 Å². The van der Waals surface area contributed by atoms with Crippen LogP contribution in [0, 0.1) is 0 Å². The fourth-order valence-corrected chi connectivity index (χ4v) is 2.85. The minimum Gasteiger partial charge on any atom is -0.469 e. The van der Waals surface area contributed by atoms with Gasteiger partial charge in [0, 0.05) is 28.6 Å². The maximum absolute atomic E-state index is 6.16. The lowest BCUT2D eigenvalue weighted by Crippen LogP contribution is -2.33.